The molecule has 0 bridgehead atoms. The number of hydrogen-bond acceptors (Lipinski definition) is 5. The molecule has 0 saturated carbocycles. The lowest BCUT2D eigenvalue weighted by Crippen LogP contribution is -2.56. The first-order valence-corrected chi connectivity index (χ1v) is 10.8. The molecule has 1 heterocycles. The number of carbonyl (C=O) groups excluding carboxylic acids is 2. The van der Waals surface area contributed by atoms with Gasteiger partial charge in [-0.3, -0.25) is 9.69 Å². The van der Waals surface area contributed by atoms with E-state index in [0.717, 1.165) is 10.0 Å². The summed E-state index contributed by atoms with van der Waals surface area (Å²) in [5, 5.41) is 0. The maximum Gasteiger partial charge on any atom is 0.410 e. The fourth-order valence-corrected chi connectivity index (χ4v) is 3.61. The van der Waals surface area contributed by atoms with Gasteiger partial charge in [-0.2, -0.15) is 0 Å². The molecule has 6 nitrogen and oxygen atoms in total. The second-order valence-electron chi connectivity index (χ2n) is 9.39. The number of piperazine rings is 1. The van der Waals surface area contributed by atoms with E-state index in [1.807, 2.05) is 65.8 Å². The normalized spacial score (nSPS) is 17.0. The Bertz CT molecular complexity index is 716. The van der Waals surface area contributed by atoms with E-state index in [2.05, 4.69) is 20.8 Å². The maximum absolute atomic E-state index is 13.0. The van der Waals surface area contributed by atoms with Crippen LogP contribution in [0.15, 0.2) is 28.7 Å². The van der Waals surface area contributed by atoms with Crippen LogP contribution in [-0.2, 0) is 20.7 Å². The molecule has 0 N–H and O–H groups in total. The van der Waals surface area contributed by atoms with Crippen LogP contribution in [0.5, 0.6) is 0 Å². The van der Waals surface area contributed by atoms with E-state index in [4.69, 9.17) is 9.47 Å². The molecular weight excluding hydrogens is 436 g/mol. The van der Waals surface area contributed by atoms with Crippen LogP contribution in [0.1, 0.15) is 47.1 Å². The molecule has 1 fully saturated rings. The highest BCUT2D eigenvalue weighted by atomic mass is 79.9. The number of rotatable bonds is 4. The molecule has 162 valence electrons. The fraction of sp³-hybridized carbons (Fsp3) is 0.636. The van der Waals surface area contributed by atoms with Crippen LogP contribution in [-0.4, -0.2) is 65.3 Å². The first-order valence-electron chi connectivity index (χ1n) is 10.0. The lowest BCUT2D eigenvalue weighted by atomic mass is 10.0. The molecule has 0 aliphatic carbocycles. The molecule has 0 aromatic heterocycles. The molecule has 29 heavy (non-hydrogen) atoms. The van der Waals surface area contributed by atoms with E-state index in [-0.39, 0.29) is 12.1 Å². The predicted molar refractivity (Wildman–Crippen MR) is 117 cm³/mol. The molecule has 7 heteroatoms. The van der Waals surface area contributed by atoms with Crippen molar-refractivity contribution in [3.8, 4) is 0 Å². The number of esters is 1. The third-order valence-corrected chi connectivity index (χ3v) is 4.90. The minimum Gasteiger partial charge on any atom is -0.459 e. The Hall–Kier alpha value is -1.60. The van der Waals surface area contributed by atoms with Gasteiger partial charge in [-0.25, -0.2) is 4.79 Å². The molecule has 0 spiro atoms. The van der Waals surface area contributed by atoms with Crippen LogP contribution in [0, 0.1) is 0 Å². The van der Waals surface area contributed by atoms with Gasteiger partial charge in [-0.15, -0.1) is 0 Å². The average Bonchev–Trinajstić information content (AvgIpc) is 2.57. The molecule has 1 aromatic carbocycles. The third-order valence-electron chi connectivity index (χ3n) is 4.40. The van der Waals surface area contributed by atoms with Crippen molar-refractivity contribution in [1.82, 2.24) is 9.80 Å². The molecule has 1 saturated heterocycles. The molecular formula is C22H33BrN2O4. The maximum atomic E-state index is 13.0. The van der Waals surface area contributed by atoms with Crippen molar-refractivity contribution in [3.63, 3.8) is 0 Å². The van der Waals surface area contributed by atoms with Crippen molar-refractivity contribution in [3.05, 3.63) is 34.3 Å². The minimum atomic E-state index is -0.551. The Morgan fingerprint density at radius 2 is 1.59 bits per heavy atom. The second kappa shape index (κ2) is 9.47. The van der Waals surface area contributed by atoms with E-state index >= 15 is 0 Å². The summed E-state index contributed by atoms with van der Waals surface area (Å²) in [6.07, 6.45) is 0.249. The minimum absolute atomic E-state index is 0.233. The first-order chi connectivity index (χ1) is 13.3. The van der Waals surface area contributed by atoms with Crippen molar-refractivity contribution in [2.75, 3.05) is 26.2 Å². The number of nitrogens with zero attached hydrogens (tertiary/aromatic N) is 2. The molecule has 2 rings (SSSR count). The smallest absolute Gasteiger partial charge is 0.410 e. The van der Waals surface area contributed by atoms with Gasteiger partial charge in [0.2, 0.25) is 0 Å². The number of amides is 1. The first kappa shape index (κ1) is 23.7. The Morgan fingerprint density at radius 3 is 2.10 bits per heavy atom. The zero-order valence-electron chi connectivity index (χ0n) is 18.3. The predicted octanol–water partition coefficient (Wildman–Crippen LogP) is 4.25. The summed E-state index contributed by atoms with van der Waals surface area (Å²) in [6, 6.07) is 7.56. The number of hydrogen-bond donors (Lipinski definition) is 0. The van der Waals surface area contributed by atoms with E-state index in [9.17, 15) is 9.59 Å². The Balaban J connectivity index is 2.09. The zero-order valence-corrected chi connectivity index (χ0v) is 19.9. The Labute approximate surface area is 182 Å². The number of benzene rings is 1. The number of carbonyl (C=O) groups is 2. The highest BCUT2D eigenvalue weighted by Crippen LogP contribution is 2.20. The van der Waals surface area contributed by atoms with Crippen LogP contribution in [0.3, 0.4) is 0 Å². The van der Waals surface area contributed by atoms with Gasteiger partial charge >= 0.3 is 12.1 Å². The number of ether oxygens (including phenoxy) is 2. The van der Waals surface area contributed by atoms with E-state index < -0.39 is 17.2 Å². The highest BCUT2D eigenvalue weighted by molar-refractivity contribution is 9.10. The van der Waals surface area contributed by atoms with Gasteiger partial charge < -0.3 is 14.4 Å². The summed E-state index contributed by atoms with van der Waals surface area (Å²) in [6.45, 7) is 13.4. The summed E-state index contributed by atoms with van der Waals surface area (Å²) in [4.78, 5) is 29.1. The standard InChI is InChI=1S/C22H33BrN2O4/c1-21(2,3)28-19(26)18(15-16-8-7-9-17(23)14-16)24-10-12-25(13-11-24)20(27)29-22(4,5)6/h7-9,14,18H,10-13,15H2,1-6H3. The Kier molecular flexibility index (Phi) is 7.74. The summed E-state index contributed by atoms with van der Waals surface area (Å²) in [7, 11) is 0. The third kappa shape index (κ3) is 7.97. The van der Waals surface area contributed by atoms with Gasteiger partial charge in [0.1, 0.15) is 17.2 Å². The van der Waals surface area contributed by atoms with Crippen molar-refractivity contribution in [1.29, 1.82) is 0 Å². The van der Waals surface area contributed by atoms with Gasteiger partial charge in [0.05, 0.1) is 0 Å². The van der Waals surface area contributed by atoms with Crippen molar-refractivity contribution >= 4 is 28.0 Å². The van der Waals surface area contributed by atoms with Crippen LogP contribution in [0.25, 0.3) is 0 Å². The topological polar surface area (TPSA) is 59.1 Å². The van der Waals surface area contributed by atoms with E-state index in [1.54, 1.807) is 4.90 Å². The second-order valence-corrected chi connectivity index (χ2v) is 10.3. The lowest BCUT2D eigenvalue weighted by Gasteiger charge is -2.39. The lowest BCUT2D eigenvalue weighted by molar-refractivity contribution is -0.162. The summed E-state index contributed by atoms with van der Waals surface area (Å²) >= 11 is 3.49. The summed E-state index contributed by atoms with van der Waals surface area (Å²) < 4.78 is 12.1. The Morgan fingerprint density at radius 1 is 1.00 bits per heavy atom. The molecule has 1 aliphatic rings. The quantitative estimate of drug-likeness (QED) is 0.617. The van der Waals surface area contributed by atoms with Crippen molar-refractivity contribution in [2.45, 2.75) is 65.2 Å². The van der Waals surface area contributed by atoms with Crippen LogP contribution < -0.4 is 0 Å². The fourth-order valence-electron chi connectivity index (χ4n) is 3.16. The number of halogens is 1. The van der Waals surface area contributed by atoms with Gasteiger partial charge in [0.15, 0.2) is 0 Å². The van der Waals surface area contributed by atoms with Gasteiger partial charge in [-0.1, -0.05) is 28.1 Å². The van der Waals surface area contributed by atoms with Crippen LogP contribution >= 0.6 is 15.9 Å². The van der Waals surface area contributed by atoms with Crippen molar-refractivity contribution in [2.24, 2.45) is 0 Å². The zero-order chi connectivity index (χ0) is 21.8. The van der Waals surface area contributed by atoms with Crippen molar-refractivity contribution < 1.29 is 19.1 Å². The molecule has 1 aliphatic heterocycles. The van der Waals surface area contributed by atoms with E-state index in [1.165, 1.54) is 0 Å². The molecule has 1 atom stereocenters. The highest BCUT2D eigenvalue weighted by Gasteiger charge is 2.34. The summed E-state index contributed by atoms with van der Waals surface area (Å²) in [5.41, 5.74) is -0.0105. The molecule has 1 amide bonds. The van der Waals surface area contributed by atoms with Gasteiger partial charge in [0.25, 0.3) is 0 Å². The molecule has 1 unspecified atom stereocenters. The van der Waals surface area contributed by atoms with Gasteiger partial charge in [0, 0.05) is 30.7 Å². The SMILES string of the molecule is CC(C)(C)OC(=O)C(Cc1cccc(Br)c1)N1CCN(C(=O)OC(C)(C)C)CC1. The van der Waals surface area contributed by atoms with Gasteiger partial charge in [-0.05, 0) is 65.7 Å². The molecule has 0 radical (unpaired) electrons. The largest absolute Gasteiger partial charge is 0.459 e. The van der Waals surface area contributed by atoms with E-state index in [0.29, 0.717) is 32.6 Å². The van der Waals surface area contributed by atoms with Crippen LogP contribution in [0.4, 0.5) is 4.79 Å². The average molecular weight is 469 g/mol. The van der Waals surface area contributed by atoms with Crippen LogP contribution in [0.2, 0.25) is 0 Å². The molecule has 1 aromatic rings. The summed E-state index contributed by atoms with van der Waals surface area (Å²) in [5.74, 6) is -0.233. The monoisotopic (exact) mass is 468 g/mol.